The Morgan fingerprint density at radius 3 is 1.37 bits per heavy atom. The van der Waals surface area contributed by atoms with Crippen LogP contribution in [-0.4, -0.2) is 9.97 Å². The van der Waals surface area contributed by atoms with Crippen molar-refractivity contribution in [3.05, 3.63) is 80.8 Å². The number of aromatic nitrogens is 2. The Balaban J connectivity index is 1.61. The molecule has 10 heteroatoms. The minimum absolute atomic E-state index is 0.442. The number of hydrazine groups is 2. The first-order valence-corrected chi connectivity index (χ1v) is 10.2. The highest BCUT2D eigenvalue weighted by molar-refractivity contribution is 6.37. The average molecular weight is 480 g/mol. The maximum atomic E-state index is 6.23. The van der Waals surface area contributed by atoms with E-state index in [2.05, 4.69) is 31.7 Å². The van der Waals surface area contributed by atoms with Crippen molar-refractivity contribution in [1.29, 1.82) is 0 Å². The van der Waals surface area contributed by atoms with Gasteiger partial charge in [-0.05, 0) is 48.5 Å². The van der Waals surface area contributed by atoms with Crippen LogP contribution in [0.4, 0.5) is 23.0 Å². The van der Waals surface area contributed by atoms with Crippen LogP contribution in [0.15, 0.2) is 60.7 Å². The van der Waals surface area contributed by atoms with Crippen LogP contribution >= 0.6 is 46.4 Å². The fourth-order valence-electron chi connectivity index (χ4n) is 2.61. The Morgan fingerprint density at radius 2 is 0.967 bits per heavy atom. The predicted octanol–water partition coefficient (Wildman–Crippen LogP) is 7.12. The van der Waals surface area contributed by atoms with Gasteiger partial charge in [0.2, 0.25) is 0 Å². The number of fused-ring (bicyclic) bond motifs is 1. The number of nitrogens with zero attached hydrogens (tertiary/aromatic N) is 2. The van der Waals surface area contributed by atoms with Gasteiger partial charge in [0.25, 0.3) is 0 Å². The fourth-order valence-corrected chi connectivity index (χ4v) is 3.52. The molecule has 3 aromatic carbocycles. The van der Waals surface area contributed by atoms with Crippen molar-refractivity contribution in [2.75, 3.05) is 21.7 Å². The van der Waals surface area contributed by atoms with Crippen molar-refractivity contribution in [3.63, 3.8) is 0 Å². The molecule has 0 atom stereocenters. The lowest BCUT2D eigenvalue weighted by atomic mass is 10.3. The molecule has 0 aliphatic rings. The highest BCUT2D eigenvalue weighted by Crippen LogP contribution is 2.28. The fraction of sp³-hybridized carbons (Fsp3) is 0. The van der Waals surface area contributed by atoms with E-state index in [4.69, 9.17) is 46.4 Å². The SMILES string of the molecule is Clc1ccc(NNc2nc3ccccc3nc2NNc2ccc(Cl)cc2Cl)c(Cl)c1. The molecule has 0 spiro atoms. The summed E-state index contributed by atoms with van der Waals surface area (Å²) in [4.78, 5) is 9.25. The van der Waals surface area contributed by atoms with Crippen LogP contribution in [-0.2, 0) is 0 Å². The van der Waals surface area contributed by atoms with E-state index in [1.54, 1.807) is 36.4 Å². The minimum Gasteiger partial charge on any atom is -0.298 e. The maximum absolute atomic E-state index is 6.23. The van der Waals surface area contributed by atoms with Gasteiger partial charge in [0.05, 0.1) is 32.5 Å². The van der Waals surface area contributed by atoms with Gasteiger partial charge < -0.3 is 0 Å². The molecule has 0 fully saturated rings. The molecule has 0 aliphatic heterocycles. The van der Waals surface area contributed by atoms with Crippen LogP contribution in [0.25, 0.3) is 11.0 Å². The van der Waals surface area contributed by atoms with Crippen LogP contribution in [0.5, 0.6) is 0 Å². The van der Waals surface area contributed by atoms with Crippen molar-refractivity contribution in [1.82, 2.24) is 9.97 Å². The first kappa shape index (κ1) is 20.6. The number of hydrogen-bond acceptors (Lipinski definition) is 6. The van der Waals surface area contributed by atoms with Crippen molar-refractivity contribution < 1.29 is 0 Å². The second kappa shape index (κ2) is 9.02. The van der Waals surface area contributed by atoms with Gasteiger partial charge in [0.15, 0.2) is 11.6 Å². The number of para-hydroxylation sites is 2. The summed E-state index contributed by atoms with van der Waals surface area (Å²) in [5.74, 6) is 0.884. The number of halogens is 4. The first-order chi connectivity index (χ1) is 14.5. The lowest BCUT2D eigenvalue weighted by Crippen LogP contribution is -2.17. The van der Waals surface area contributed by atoms with E-state index in [9.17, 15) is 0 Å². The molecule has 0 amide bonds. The highest BCUT2D eigenvalue weighted by atomic mass is 35.5. The van der Waals surface area contributed by atoms with Crippen LogP contribution in [0, 0.1) is 0 Å². The molecule has 0 unspecified atom stereocenters. The molecule has 4 aromatic rings. The third-order valence-electron chi connectivity index (χ3n) is 4.06. The second-order valence-electron chi connectivity index (χ2n) is 6.16. The zero-order valence-electron chi connectivity index (χ0n) is 15.2. The summed E-state index contributed by atoms with van der Waals surface area (Å²) in [6.07, 6.45) is 0. The monoisotopic (exact) mass is 478 g/mol. The van der Waals surface area contributed by atoms with E-state index in [-0.39, 0.29) is 0 Å². The second-order valence-corrected chi connectivity index (χ2v) is 7.85. The standard InChI is InChI=1S/C20H14Cl4N6/c21-11-5-7-15(13(23)9-11)27-29-19-20(26-18-4-2-1-3-17(18)25-19)30-28-16-8-6-12(22)10-14(16)24/h1-10,27-28H,(H,25,29)(H,26,30). The number of nitrogens with one attached hydrogen (secondary N) is 4. The summed E-state index contributed by atoms with van der Waals surface area (Å²) >= 11 is 24.4. The number of hydrogen-bond donors (Lipinski definition) is 4. The summed E-state index contributed by atoms with van der Waals surface area (Å²) in [5, 5.41) is 2.01. The molecule has 1 heterocycles. The molecule has 1 aromatic heterocycles. The van der Waals surface area contributed by atoms with Crippen LogP contribution in [0.1, 0.15) is 0 Å². The molecule has 0 aliphatic carbocycles. The number of benzene rings is 3. The molecular formula is C20H14Cl4N6. The molecule has 0 radical (unpaired) electrons. The van der Waals surface area contributed by atoms with Crippen molar-refractivity contribution in [2.45, 2.75) is 0 Å². The van der Waals surface area contributed by atoms with Gasteiger partial charge in [-0.1, -0.05) is 58.5 Å². The molecule has 30 heavy (non-hydrogen) atoms. The normalized spacial score (nSPS) is 10.7. The number of anilines is 4. The van der Waals surface area contributed by atoms with Gasteiger partial charge in [-0.15, -0.1) is 0 Å². The lowest BCUT2D eigenvalue weighted by molar-refractivity contribution is 1.22. The van der Waals surface area contributed by atoms with E-state index in [1.165, 1.54) is 0 Å². The van der Waals surface area contributed by atoms with Crippen molar-refractivity contribution in [2.24, 2.45) is 0 Å². The van der Waals surface area contributed by atoms with Gasteiger partial charge in [0, 0.05) is 10.0 Å². The molecular weight excluding hydrogens is 466 g/mol. The molecule has 4 rings (SSSR count). The molecule has 6 nitrogen and oxygen atoms in total. The topological polar surface area (TPSA) is 73.9 Å². The molecule has 4 N–H and O–H groups in total. The van der Waals surface area contributed by atoms with E-state index in [1.807, 2.05) is 24.3 Å². The summed E-state index contributed by atoms with van der Waals surface area (Å²) in [6.45, 7) is 0. The van der Waals surface area contributed by atoms with Gasteiger partial charge >= 0.3 is 0 Å². The molecule has 0 saturated heterocycles. The van der Waals surface area contributed by atoms with Gasteiger partial charge in [0.1, 0.15) is 0 Å². The van der Waals surface area contributed by atoms with E-state index in [0.29, 0.717) is 43.1 Å². The Kier molecular flexibility index (Phi) is 6.20. The minimum atomic E-state index is 0.442. The molecule has 152 valence electrons. The van der Waals surface area contributed by atoms with Crippen molar-refractivity contribution >= 4 is 80.4 Å². The Labute approximate surface area is 192 Å². The van der Waals surface area contributed by atoms with Crippen molar-refractivity contribution in [3.8, 4) is 0 Å². The molecule has 0 saturated carbocycles. The van der Waals surface area contributed by atoms with Crippen LogP contribution in [0.3, 0.4) is 0 Å². The average Bonchev–Trinajstić information content (AvgIpc) is 2.72. The third kappa shape index (κ3) is 4.74. The van der Waals surface area contributed by atoms with Crippen LogP contribution in [0.2, 0.25) is 20.1 Å². The lowest BCUT2D eigenvalue weighted by Gasteiger charge is -2.16. The highest BCUT2D eigenvalue weighted by Gasteiger charge is 2.10. The summed E-state index contributed by atoms with van der Waals surface area (Å²) in [7, 11) is 0. The predicted molar refractivity (Wildman–Crippen MR) is 127 cm³/mol. The zero-order valence-corrected chi connectivity index (χ0v) is 18.2. The molecule has 0 bridgehead atoms. The Bertz CT molecular complexity index is 1120. The zero-order chi connectivity index (χ0) is 21.1. The maximum Gasteiger partial charge on any atom is 0.190 e. The smallest absolute Gasteiger partial charge is 0.190 e. The van der Waals surface area contributed by atoms with E-state index in [0.717, 1.165) is 11.0 Å². The Morgan fingerprint density at radius 1 is 0.533 bits per heavy atom. The van der Waals surface area contributed by atoms with Gasteiger partial charge in [-0.2, -0.15) is 0 Å². The largest absolute Gasteiger partial charge is 0.298 e. The summed E-state index contributed by atoms with van der Waals surface area (Å²) in [6, 6.07) is 17.8. The Hall–Kier alpha value is -2.64. The summed E-state index contributed by atoms with van der Waals surface area (Å²) < 4.78 is 0. The third-order valence-corrected chi connectivity index (χ3v) is 5.16. The number of rotatable bonds is 6. The first-order valence-electron chi connectivity index (χ1n) is 8.70. The van der Waals surface area contributed by atoms with Crippen LogP contribution < -0.4 is 21.7 Å². The summed E-state index contributed by atoms with van der Waals surface area (Å²) in [5.41, 5.74) is 14.8. The quantitative estimate of drug-likeness (QED) is 0.220. The van der Waals surface area contributed by atoms with Gasteiger partial charge in [-0.3, -0.25) is 21.7 Å². The van der Waals surface area contributed by atoms with E-state index < -0.39 is 0 Å². The van der Waals surface area contributed by atoms with Gasteiger partial charge in [-0.25, -0.2) is 9.97 Å². The van der Waals surface area contributed by atoms with E-state index >= 15 is 0 Å².